The van der Waals surface area contributed by atoms with Gasteiger partial charge in [0.2, 0.25) is 0 Å². The van der Waals surface area contributed by atoms with Gasteiger partial charge in [0.05, 0.1) is 0 Å². The van der Waals surface area contributed by atoms with Gasteiger partial charge in [-0.15, -0.1) is 0 Å². The van der Waals surface area contributed by atoms with Gasteiger partial charge in [-0.05, 0) is 30.7 Å². The highest BCUT2D eigenvalue weighted by Crippen LogP contribution is 2.27. The molecule has 1 fully saturated rings. The van der Waals surface area contributed by atoms with Crippen LogP contribution in [0.4, 0.5) is 0 Å². The average Bonchev–Trinajstić information content (AvgIpc) is 2.60. The molecule has 1 nitrogen and oxygen atoms in total. The quantitative estimate of drug-likeness (QED) is 0.654. The van der Waals surface area contributed by atoms with Gasteiger partial charge < -0.3 is 4.57 Å². The lowest BCUT2D eigenvalue weighted by atomic mass is 10.2. The van der Waals surface area contributed by atoms with E-state index in [1.165, 1.54) is 25.1 Å². The van der Waals surface area contributed by atoms with Crippen molar-refractivity contribution >= 4 is 11.8 Å². The summed E-state index contributed by atoms with van der Waals surface area (Å²) in [6, 6.07) is 4.19. The molecule has 2 rings (SSSR count). The third kappa shape index (κ3) is 1.80. The highest BCUT2D eigenvalue weighted by molar-refractivity contribution is 8.00. The Kier molecular flexibility index (Phi) is 2.22. The van der Waals surface area contributed by atoms with E-state index in [9.17, 15) is 0 Å². The zero-order valence-corrected chi connectivity index (χ0v) is 7.39. The summed E-state index contributed by atoms with van der Waals surface area (Å²) >= 11 is 2.12. The van der Waals surface area contributed by atoms with Crippen LogP contribution >= 0.6 is 11.8 Å². The van der Waals surface area contributed by atoms with Gasteiger partial charge in [0, 0.05) is 24.2 Å². The van der Waals surface area contributed by atoms with Crippen LogP contribution in [0.15, 0.2) is 24.5 Å². The van der Waals surface area contributed by atoms with Gasteiger partial charge in [0.25, 0.3) is 0 Å². The second kappa shape index (κ2) is 3.35. The van der Waals surface area contributed by atoms with Crippen LogP contribution in [0.2, 0.25) is 0 Å². The second-order valence-electron chi connectivity index (χ2n) is 3.01. The Balaban J connectivity index is 1.90. The summed E-state index contributed by atoms with van der Waals surface area (Å²) in [6.07, 6.45) is 7.12. The van der Waals surface area contributed by atoms with E-state index < -0.39 is 0 Å². The largest absolute Gasteiger partial charge is 0.353 e. The van der Waals surface area contributed by atoms with E-state index in [4.69, 9.17) is 0 Å². The van der Waals surface area contributed by atoms with E-state index in [-0.39, 0.29) is 0 Å². The molecule has 0 N–H and O–H groups in total. The molecule has 0 bridgehead atoms. The lowest BCUT2D eigenvalue weighted by Gasteiger charge is -2.08. The summed E-state index contributed by atoms with van der Waals surface area (Å²) in [7, 11) is 0. The summed E-state index contributed by atoms with van der Waals surface area (Å²) in [6.45, 7) is 1.21. The van der Waals surface area contributed by atoms with Gasteiger partial charge in [-0.1, -0.05) is 0 Å². The first-order valence-electron chi connectivity index (χ1n) is 4.17. The zero-order valence-electron chi connectivity index (χ0n) is 6.57. The van der Waals surface area contributed by atoms with Crippen LogP contribution in [0.3, 0.4) is 0 Å². The summed E-state index contributed by atoms with van der Waals surface area (Å²) in [4.78, 5) is 0. The molecular formula is C9H13NS. The van der Waals surface area contributed by atoms with Gasteiger partial charge in [-0.2, -0.15) is 11.8 Å². The van der Waals surface area contributed by atoms with Crippen molar-refractivity contribution in [2.24, 2.45) is 0 Å². The van der Waals surface area contributed by atoms with Crippen LogP contribution in [-0.4, -0.2) is 15.6 Å². The van der Waals surface area contributed by atoms with Crippen molar-refractivity contribution in [3.05, 3.63) is 24.5 Å². The number of hydrogen-bond donors (Lipinski definition) is 0. The Bertz CT molecular complexity index is 199. The van der Waals surface area contributed by atoms with Gasteiger partial charge >= 0.3 is 0 Å². The lowest BCUT2D eigenvalue weighted by Crippen LogP contribution is -2.07. The molecule has 0 aromatic carbocycles. The molecule has 0 amide bonds. The summed E-state index contributed by atoms with van der Waals surface area (Å²) in [5.41, 5.74) is 0. The number of aromatic nitrogens is 1. The summed E-state index contributed by atoms with van der Waals surface area (Å²) < 4.78 is 2.28. The molecule has 60 valence electrons. The Morgan fingerprint density at radius 3 is 2.82 bits per heavy atom. The zero-order chi connectivity index (χ0) is 7.52. The Hall–Kier alpha value is -0.370. The molecule has 1 atom stereocenters. The minimum absolute atomic E-state index is 0.877. The van der Waals surface area contributed by atoms with Crippen molar-refractivity contribution < 1.29 is 0 Å². The molecule has 2 heteroatoms. The maximum atomic E-state index is 2.28. The standard InChI is InChI=1S/C9H13NS/c1-2-6-10(5-1)8-9-4-3-7-11-9/h1-2,5-6,9H,3-4,7-8H2. The lowest BCUT2D eigenvalue weighted by molar-refractivity contribution is 0.641. The molecule has 0 saturated carbocycles. The van der Waals surface area contributed by atoms with Crippen LogP contribution in [-0.2, 0) is 6.54 Å². The fourth-order valence-electron chi connectivity index (χ4n) is 1.52. The molecule has 1 aliphatic heterocycles. The minimum atomic E-state index is 0.877. The SMILES string of the molecule is c1ccn(CC2CCCS2)c1. The fraction of sp³-hybridized carbons (Fsp3) is 0.556. The van der Waals surface area contributed by atoms with E-state index in [0.717, 1.165) is 5.25 Å². The van der Waals surface area contributed by atoms with Crippen LogP contribution in [0.5, 0.6) is 0 Å². The Labute approximate surface area is 71.8 Å². The molecule has 1 aliphatic rings. The highest BCUT2D eigenvalue weighted by Gasteiger charge is 2.14. The smallest absolute Gasteiger partial charge is 0.0338 e. The van der Waals surface area contributed by atoms with Gasteiger partial charge in [-0.25, -0.2) is 0 Å². The number of hydrogen-bond acceptors (Lipinski definition) is 1. The van der Waals surface area contributed by atoms with Crippen molar-refractivity contribution in [1.82, 2.24) is 4.57 Å². The maximum Gasteiger partial charge on any atom is 0.0338 e. The predicted molar refractivity (Wildman–Crippen MR) is 49.9 cm³/mol. The first-order chi connectivity index (χ1) is 5.45. The third-order valence-corrected chi connectivity index (χ3v) is 3.49. The van der Waals surface area contributed by atoms with E-state index in [1.54, 1.807) is 0 Å². The molecule has 2 heterocycles. The van der Waals surface area contributed by atoms with Crippen LogP contribution in [0.25, 0.3) is 0 Å². The average molecular weight is 167 g/mol. The highest BCUT2D eigenvalue weighted by atomic mass is 32.2. The van der Waals surface area contributed by atoms with E-state index in [2.05, 4.69) is 40.9 Å². The van der Waals surface area contributed by atoms with Crippen molar-refractivity contribution in [3.8, 4) is 0 Å². The maximum absolute atomic E-state index is 2.28. The summed E-state index contributed by atoms with van der Waals surface area (Å²) in [5.74, 6) is 1.37. The minimum Gasteiger partial charge on any atom is -0.353 e. The first-order valence-corrected chi connectivity index (χ1v) is 5.22. The molecule has 1 aromatic rings. The monoisotopic (exact) mass is 167 g/mol. The molecule has 1 unspecified atom stereocenters. The van der Waals surface area contributed by atoms with Crippen LogP contribution in [0, 0.1) is 0 Å². The molecule has 0 radical (unpaired) electrons. The topological polar surface area (TPSA) is 4.93 Å². The first kappa shape index (κ1) is 7.29. The van der Waals surface area contributed by atoms with Crippen molar-refractivity contribution in [2.75, 3.05) is 5.75 Å². The van der Waals surface area contributed by atoms with Crippen molar-refractivity contribution in [2.45, 2.75) is 24.6 Å². The predicted octanol–water partition coefficient (Wildman–Crippen LogP) is 2.38. The Morgan fingerprint density at radius 1 is 1.36 bits per heavy atom. The molecule has 1 aromatic heterocycles. The molecule has 1 saturated heterocycles. The second-order valence-corrected chi connectivity index (χ2v) is 4.42. The fourth-order valence-corrected chi connectivity index (χ4v) is 2.79. The normalized spacial score (nSPS) is 24.2. The Morgan fingerprint density at radius 2 is 2.18 bits per heavy atom. The summed E-state index contributed by atoms with van der Waals surface area (Å²) in [5, 5.41) is 0.877. The van der Waals surface area contributed by atoms with Crippen molar-refractivity contribution in [3.63, 3.8) is 0 Å². The van der Waals surface area contributed by atoms with Crippen molar-refractivity contribution in [1.29, 1.82) is 0 Å². The van der Waals surface area contributed by atoms with E-state index in [0.29, 0.717) is 0 Å². The molecule has 11 heavy (non-hydrogen) atoms. The van der Waals surface area contributed by atoms with Gasteiger partial charge in [0.1, 0.15) is 0 Å². The molecule has 0 spiro atoms. The number of nitrogens with zero attached hydrogens (tertiary/aromatic N) is 1. The molecule has 0 aliphatic carbocycles. The number of rotatable bonds is 2. The van der Waals surface area contributed by atoms with Gasteiger partial charge in [-0.3, -0.25) is 0 Å². The third-order valence-electron chi connectivity index (χ3n) is 2.10. The van der Waals surface area contributed by atoms with E-state index >= 15 is 0 Å². The van der Waals surface area contributed by atoms with Crippen LogP contribution < -0.4 is 0 Å². The molecular weight excluding hydrogens is 154 g/mol. The van der Waals surface area contributed by atoms with Crippen LogP contribution in [0.1, 0.15) is 12.8 Å². The van der Waals surface area contributed by atoms with E-state index in [1.807, 2.05) is 0 Å². The number of thioether (sulfide) groups is 1. The van der Waals surface area contributed by atoms with Gasteiger partial charge in [0.15, 0.2) is 0 Å².